The fourth-order valence-corrected chi connectivity index (χ4v) is 2.92. The highest BCUT2D eigenvalue weighted by atomic mass is 16.7. The molecule has 1 saturated heterocycles. The van der Waals surface area contributed by atoms with Crippen LogP contribution in [0.25, 0.3) is 0 Å². The fraction of sp³-hybridized carbons (Fsp3) is 0.632. The van der Waals surface area contributed by atoms with Crippen LogP contribution in [0, 0.1) is 17.2 Å². The van der Waals surface area contributed by atoms with Crippen LogP contribution in [0.2, 0.25) is 0 Å². The van der Waals surface area contributed by atoms with E-state index < -0.39 is 6.04 Å². The van der Waals surface area contributed by atoms with Gasteiger partial charge < -0.3 is 14.6 Å². The van der Waals surface area contributed by atoms with Gasteiger partial charge in [0.2, 0.25) is 0 Å². The largest absolute Gasteiger partial charge is 0.394 e. The SMILES string of the molecule is C[C@H]([C@H](C#N)N[C@@H](CO)c1ccccc1)[C@H](C)OC1CCCCO1. The van der Waals surface area contributed by atoms with Crippen LogP contribution >= 0.6 is 0 Å². The van der Waals surface area contributed by atoms with Gasteiger partial charge in [0.25, 0.3) is 0 Å². The van der Waals surface area contributed by atoms with Crippen molar-refractivity contribution in [2.24, 2.45) is 5.92 Å². The molecule has 5 nitrogen and oxygen atoms in total. The Morgan fingerprint density at radius 2 is 2.08 bits per heavy atom. The molecule has 1 aliphatic rings. The van der Waals surface area contributed by atoms with Crippen molar-refractivity contribution in [1.29, 1.82) is 5.26 Å². The summed E-state index contributed by atoms with van der Waals surface area (Å²) >= 11 is 0. The highest BCUT2D eigenvalue weighted by molar-refractivity contribution is 5.19. The molecule has 0 radical (unpaired) electrons. The summed E-state index contributed by atoms with van der Waals surface area (Å²) in [6, 6.07) is 11.3. The molecule has 0 amide bonds. The lowest BCUT2D eigenvalue weighted by molar-refractivity contribution is -0.194. The van der Waals surface area contributed by atoms with Crippen molar-refractivity contribution in [1.82, 2.24) is 5.32 Å². The molecule has 0 aromatic heterocycles. The predicted molar refractivity (Wildman–Crippen MR) is 92.1 cm³/mol. The lowest BCUT2D eigenvalue weighted by atomic mass is 9.95. The molecule has 0 aliphatic carbocycles. The number of nitrogens with zero attached hydrogens (tertiary/aromatic N) is 1. The van der Waals surface area contributed by atoms with Crippen molar-refractivity contribution in [2.45, 2.75) is 57.6 Å². The van der Waals surface area contributed by atoms with Crippen molar-refractivity contribution in [3.63, 3.8) is 0 Å². The third-order valence-corrected chi connectivity index (χ3v) is 4.67. The molecule has 1 heterocycles. The summed E-state index contributed by atoms with van der Waals surface area (Å²) in [5.74, 6) is -0.0294. The molecule has 2 rings (SSSR count). The summed E-state index contributed by atoms with van der Waals surface area (Å²) in [5, 5.41) is 22.5. The van der Waals surface area contributed by atoms with E-state index in [0.29, 0.717) is 0 Å². The van der Waals surface area contributed by atoms with Crippen molar-refractivity contribution >= 4 is 0 Å². The normalized spacial score (nSPS) is 23.0. The minimum absolute atomic E-state index is 0.0294. The zero-order chi connectivity index (χ0) is 17.4. The maximum atomic E-state index is 9.68. The molecule has 1 fully saturated rings. The molecule has 0 spiro atoms. The average Bonchev–Trinajstić information content (AvgIpc) is 2.64. The highest BCUT2D eigenvalue weighted by Gasteiger charge is 2.28. The summed E-state index contributed by atoms with van der Waals surface area (Å²) < 4.78 is 11.6. The van der Waals surface area contributed by atoms with Crippen molar-refractivity contribution in [3.8, 4) is 6.07 Å². The van der Waals surface area contributed by atoms with Crippen LogP contribution in [0.15, 0.2) is 30.3 Å². The van der Waals surface area contributed by atoms with Crippen LogP contribution < -0.4 is 5.32 Å². The number of hydrogen-bond acceptors (Lipinski definition) is 5. The second kappa shape index (κ2) is 9.75. The van der Waals surface area contributed by atoms with Crippen LogP contribution in [-0.2, 0) is 9.47 Å². The molecular weight excluding hydrogens is 304 g/mol. The predicted octanol–water partition coefficient (Wildman–Crippen LogP) is 2.77. The summed E-state index contributed by atoms with van der Waals surface area (Å²) in [4.78, 5) is 0. The molecule has 24 heavy (non-hydrogen) atoms. The van der Waals surface area contributed by atoms with Crippen LogP contribution in [-0.4, -0.2) is 36.8 Å². The highest BCUT2D eigenvalue weighted by Crippen LogP contribution is 2.22. The van der Waals surface area contributed by atoms with Gasteiger partial charge in [0, 0.05) is 12.5 Å². The Balaban J connectivity index is 1.94. The van der Waals surface area contributed by atoms with Gasteiger partial charge in [-0.25, -0.2) is 0 Å². The van der Waals surface area contributed by atoms with E-state index >= 15 is 0 Å². The van der Waals surface area contributed by atoms with Crippen molar-refractivity contribution in [3.05, 3.63) is 35.9 Å². The Kier molecular flexibility index (Phi) is 7.67. The van der Waals surface area contributed by atoms with Gasteiger partial charge in [-0.2, -0.15) is 5.26 Å². The average molecular weight is 332 g/mol. The standard InChI is InChI=1S/C19H28N2O3/c1-14(15(2)24-19-10-6-7-11-23-19)17(12-20)21-18(13-22)16-8-4-3-5-9-16/h3-5,8-9,14-15,17-19,21-22H,6-7,10-11,13H2,1-2H3/t14-,15-,17-,18-,19?/m0/s1. The van der Waals surface area contributed by atoms with Crippen LogP contribution in [0.5, 0.6) is 0 Å². The minimum Gasteiger partial charge on any atom is -0.394 e. The van der Waals surface area contributed by atoms with E-state index in [1.807, 2.05) is 44.2 Å². The first-order valence-electron chi connectivity index (χ1n) is 8.74. The molecule has 2 N–H and O–H groups in total. The Morgan fingerprint density at radius 1 is 1.33 bits per heavy atom. The molecular formula is C19H28N2O3. The number of aliphatic hydroxyl groups is 1. The third-order valence-electron chi connectivity index (χ3n) is 4.67. The summed E-state index contributed by atoms with van der Waals surface area (Å²) in [5.41, 5.74) is 0.969. The van der Waals surface area contributed by atoms with Crippen molar-refractivity contribution in [2.75, 3.05) is 13.2 Å². The van der Waals surface area contributed by atoms with E-state index in [0.717, 1.165) is 31.4 Å². The van der Waals surface area contributed by atoms with Crippen LogP contribution in [0.1, 0.15) is 44.7 Å². The van der Waals surface area contributed by atoms with E-state index in [-0.39, 0.29) is 31.0 Å². The first-order chi connectivity index (χ1) is 11.7. The summed E-state index contributed by atoms with van der Waals surface area (Å²) in [6.45, 7) is 4.65. The molecule has 1 aromatic carbocycles. The topological polar surface area (TPSA) is 74.5 Å². The number of rotatable bonds is 8. The van der Waals surface area contributed by atoms with Crippen LogP contribution in [0.3, 0.4) is 0 Å². The number of aliphatic hydroxyl groups excluding tert-OH is 1. The number of benzene rings is 1. The van der Waals surface area contributed by atoms with Gasteiger partial charge in [-0.3, -0.25) is 5.32 Å². The van der Waals surface area contributed by atoms with Crippen molar-refractivity contribution < 1.29 is 14.6 Å². The van der Waals surface area contributed by atoms with Gasteiger partial charge in [-0.05, 0) is 31.7 Å². The Bertz CT molecular complexity index is 511. The number of nitrogens with one attached hydrogen (secondary N) is 1. The molecule has 0 saturated carbocycles. The quantitative estimate of drug-likeness (QED) is 0.766. The molecule has 0 bridgehead atoms. The zero-order valence-corrected chi connectivity index (χ0v) is 14.5. The monoisotopic (exact) mass is 332 g/mol. The Morgan fingerprint density at radius 3 is 2.67 bits per heavy atom. The number of hydrogen-bond donors (Lipinski definition) is 2. The van der Waals surface area contributed by atoms with E-state index in [9.17, 15) is 10.4 Å². The zero-order valence-electron chi connectivity index (χ0n) is 14.5. The molecule has 5 atom stereocenters. The van der Waals surface area contributed by atoms with Gasteiger partial charge in [0.05, 0.1) is 24.8 Å². The van der Waals surface area contributed by atoms with E-state index in [4.69, 9.17) is 9.47 Å². The van der Waals surface area contributed by atoms with E-state index in [2.05, 4.69) is 11.4 Å². The Hall–Kier alpha value is -1.45. The van der Waals surface area contributed by atoms with Gasteiger partial charge in [0.15, 0.2) is 6.29 Å². The van der Waals surface area contributed by atoms with Gasteiger partial charge in [0.1, 0.15) is 6.04 Å². The summed E-state index contributed by atoms with van der Waals surface area (Å²) in [7, 11) is 0. The lowest BCUT2D eigenvalue weighted by Gasteiger charge is -2.32. The Labute approximate surface area is 144 Å². The molecule has 5 heteroatoms. The smallest absolute Gasteiger partial charge is 0.157 e. The molecule has 132 valence electrons. The van der Waals surface area contributed by atoms with E-state index in [1.54, 1.807) is 0 Å². The van der Waals surface area contributed by atoms with Gasteiger partial charge >= 0.3 is 0 Å². The number of nitriles is 1. The maximum absolute atomic E-state index is 9.68. The maximum Gasteiger partial charge on any atom is 0.157 e. The third kappa shape index (κ3) is 5.29. The fourth-order valence-electron chi connectivity index (χ4n) is 2.92. The summed E-state index contributed by atoms with van der Waals surface area (Å²) in [6.07, 6.45) is 2.83. The van der Waals surface area contributed by atoms with Gasteiger partial charge in [-0.15, -0.1) is 0 Å². The second-order valence-electron chi connectivity index (χ2n) is 6.42. The molecule has 1 aromatic rings. The first-order valence-corrected chi connectivity index (χ1v) is 8.74. The minimum atomic E-state index is -0.416. The lowest BCUT2D eigenvalue weighted by Crippen LogP contribution is -2.43. The number of ether oxygens (including phenoxy) is 2. The second-order valence-corrected chi connectivity index (χ2v) is 6.42. The molecule has 1 aliphatic heterocycles. The van der Waals surface area contributed by atoms with Crippen LogP contribution in [0.4, 0.5) is 0 Å². The molecule has 1 unspecified atom stereocenters. The first kappa shape index (κ1) is 18.9. The van der Waals surface area contributed by atoms with E-state index in [1.165, 1.54) is 0 Å². The van der Waals surface area contributed by atoms with Gasteiger partial charge in [-0.1, -0.05) is 37.3 Å².